The fourth-order valence-corrected chi connectivity index (χ4v) is 2.78. The van der Waals surface area contributed by atoms with Gasteiger partial charge in [0.1, 0.15) is 0 Å². The smallest absolute Gasteiger partial charge is 0.290 e. The minimum absolute atomic E-state index is 0.0115. The first-order valence-corrected chi connectivity index (χ1v) is 7.79. The molecule has 8 nitrogen and oxygen atoms in total. The molecule has 1 atom stereocenters. The van der Waals surface area contributed by atoms with Crippen LogP contribution in [0.5, 0.6) is 0 Å². The topological polar surface area (TPSA) is 95.9 Å². The van der Waals surface area contributed by atoms with Crippen LogP contribution in [0, 0.1) is 0 Å². The van der Waals surface area contributed by atoms with Gasteiger partial charge in [0.15, 0.2) is 5.82 Å². The summed E-state index contributed by atoms with van der Waals surface area (Å²) in [5.41, 5.74) is 0.350. The van der Waals surface area contributed by atoms with E-state index >= 15 is 0 Å². The molecule has 3 rings (SSSR count). The Labute approximate surface area is 133 Å². The summed E-state index contributed by atoms with van der Waals surface area (Å²) in [4.78, 5) is 32.8. The first kappa shape index (κ1) is 15.3. The van der Waals surface area contributed by atoms with Crippen LogP contribution in [-0.4, -0.2) is 44.8 Å². The number of aryl methyl sites for hydroxylation is 1. The van der Waals surface area contributed by atoms with E-state index in [4.69, 9.17) is 0 Å². The molecule has 0 aromatic carbocycles. The molecule has 3 heterocycles. The van der Waals surface area contributed by atoms with E-state index in [2.05, 4.69) is 20.4 Å². The van der Waals surface area contributed by atoms with Crippen LogP contribution in [0.1, 0.15) is 30.1 Å². The summed E-state index contributed by atoms with van der Waals surface area (Å²) in [6, 6.07) is -0.0115. The predicted molar refractivity (Wildman–Crippen MR) is 85.5 cm³/mol. The van der Waals surface area contributed by atoms with Crippen LogP contribution in [0.15, 0.2) is 29.6 Å². The molecule has 8 heteroatoms. The van der Waals surface area contributed by atoms with E-state index in [1.807, 2.05) is 11.8 Å². The van der Waals surface area contributed by atoms with Crippen molar-refractivity contribution in [2.75, 3.05) is 18.0 Å². The average molecular weight is 316 g/mol. The Bertz CT molecular complexity index is 737. The molecule has 0 bridgehead atoms. The SMILES string of the molecule is CCn1cc(C(=O)NC2CCCN(c3ncc[nH]c3=O)C2)cn1. The highest BCUT2D eigenvalue weighted by molar-refractivity contribution is 5.93. The van der Waals surface area contributed by atoms with Gasteiger partial charge < -0.3 is 15.2 Å². The Morgan fingerprint density at radius 1 is 1.52 bits per heavy atom. The van der Waals surface area contributed by atoms with Crippen molar-refractivity contribution in [1.82, 2.24) is 25.1 Å². The van der Waals surface area contributed by atoms with E-state index in [9.17, 15) is 9.59 Å². The third-order valence-electron chi connectivity index (χ3n) is 3.96. The van der Waals surface area contributed by atoms with Crippen molar-refractivity contribution in [3.05, 3.63) is 40.7 Å². The number of carbonyl (C=O) groups excluding carboxylic acids is 1. The Morgan fingerprint density at radius 3 is 3.13 bits per heavy atom. The second-order valence-electron chi connectivity index (χ2n) is 5.59. The zero-order valence-corrected chi connectivity index (χ0v) is 13.0. The van der Waals surface area contributed by atoms with Crippen molar-refractivity contribution in [2.24, 2.45) is 0 Å². The molecule has 0 radical (unpaired) electrons. The van der Waals surface area contributed by atoms with Crippen LogP contribution in [0.4, 0.5) is 5.82 Å². The van der Waals surface area contributed by atoms with E-state index < -0.39 is 0 Å². The van der Waals surface area contributed by atoms with Gasteiger partial charge in [-0.1, -0.05) is 0 Å². The summed E-state index contributed by atoms with van der Waals surface area (Å²) < 4.78 is 1.72. The molecule has 1 unspecified atom stereocenters. The third-order valence-corrected chi connectivity index (χ3v) is 3.96. The number of hydrogen-bond acceptors (Lipinski definition) is 5. The maximum atomic E-state index is 12.3. The number of carbonyl (C=O) groups is 1. The number of aromatic nitrogens is 4. The van der Waals surface area contributed by atoms with Crippen molar-refractivity contribution in [3.8, 4) is 0 Å². The van der Waals surface area contributed by atoms with Crippen molar-refractivity contribution in [3.63, 3.8) is 0 Å². The quantitative estimate of drug-likeness (QED) is 0.850. The second-order valence-corrected chi connectivity index (χ2v) is 5.59. The van der Waals surface area contributed by atoms with Crippen LogP contribution in [0.25, 0.3) is 0 Å². The van der Waals surface area contributed by atoms with Gasteiger partial charge in [-0.05, 0) is 19.8 Å². The molecule has 1 saturated heterocycles. The number of aromatic amines is 1. The first-order chi connectivity index (χ1) is 11.2. The Balaban J connectivity index is 1.66. The lowest BCUT2D eigenvalue weighted by atomic mass is 10.1. The molecule has 0 saturated carbocycles. The molecule has 122 valence electrons. The molecule has 2 N–H and O–H groups in total. The lowest BCUT2D eigenvalue weighted by Gasteiger charge is -2.33. The molecule has 23 heavy (non-hydrogen) atoms. The molecular formula is C15H20N6O2. The summed E-state index contributed by atoms with van der Waals surface area (Å²) in [5, 5.41) is 7.13. The highest BCUT2D eigenvalue weighted by atomic mass is 16.2. The van der Waals surface area contributed by atoms with Gasteiger partial charge in [-0.3, -0.25) is 14.3 Å². The van der Waals surface area contributed by atoms with Crippen molar-refractivity contribution < 1.29 is 4.79 Å². The first-order valence-electron chi connectivity index (χ1n) is 7.79. The minimum atomic E-state index is -0.205. The molecule has 0 spiro atoms. The van der Waals surface area contributed by atoms with E-state index in [0.717, 1.165) is 25.9 Å². The maximum absolute atomic E-state index is 12.3. The number of rotatable bonds is 4. The van der Waals surface area contributed by atoms with Crippen molar-refractivity contribution in [1.29, 1.82) is 0 Å². The van der Waals surface area contributed by atoms with Gasteiger partial charge >= 0.3 is 0 Å². The molecule has 1 fully saturated rings. The van der Waals surface area contributed by atoms with Crippen LogP contribution in [0.3, 0.4) is 0 Å². The van der Waals surface area contributed by atoms with Gasteiger partial charge in [0.25, 0.3) is 11.5 Å². The highest BCUT2D eigenvalue weighted by Gasteiger charge is 2.24. The number of H-pyrrole nitrogens is 1. The molecule has 1 aliphatic heterocycles. The van der Waals surface area contributed by atoms with E-state index in [1.165, 1.54) is 6.20 Å². The Kier molecular flexibility index (Phi) is 4.40. The van der Waals surface area contributed by atoms with Crippen LogP contribution >= 0.6 is 0 Å². The van der Waals surface area contributed by atoms with E-state index in [1.54, 1.807) is 23.3 Å². The average Bonchev–Trinajstić information content (AvgIpc) is 3.05. The fourth-order valence-electron chi connectivity index (χ4n) is 2.78. The number of piperidine rings is 1. The summed E-state index contributed by atoms with van der Waals surface area (Å²) in [7, 11) is 0. The maximum Gasteiger partial charge on any atom is 0.290 e. The second kappa shape index (κ2) is 6.64. The van der Waals surface area contributed by atoms with Gasteiger partial charge in [0, 0.05) is 44.3 Å². The fraction of sp³-hybridized carbons (Fsp3) is 0.467. The number of amides is 1. The molecule has 0 aliphatic carbocycles. The summed E-state index contributed by atoms with van der Waals surface area (Å²) >= 11 is 0. The number of hydrogen-bond donors (Lipinski definition) is 2. The number of nitrogens with one attached hydrogen (secondary N) is 2. The van der Waals surface area contributed by atoms with Gasteiger partial charge in [-0.25, -0.2) is 4.98 Å². The molecule has 2 aromatic rings. The lowest BCUT2D eigenvalue weighted by Crippen LogP contribution is -2.49. The summed E-state index contributed by atoms with van der Waals surface area (Å²) in [5.74, 6) is 0.275. The molecule has 1 amide bonds. The summed E-state index contributed by atoms with van der Waals surface area (Å²) in [6.07, 6.45) is 8.17. The number of nitrogens with zero attached hydrogens (tertiary/aromatic N) is 4. The standard InChI is InChI=1S/C15H20N6O2/c1-2-21-9-11(8-18-21)14(22)19-12-4-3-7-20(10-12)13-15(23)17-6-5-16-13/h5-6,8-9,12H,2-4,7,10H2,1H3,(H,17,23)(H,19,22). The largest absolute Gasteiger partial charge is 0.350 e. The monoisotopic (exact) mass is 316 g/mol. The highest BCUT2D eigenvalue weighted by Crippen LogP contribution is 2.14. The Morgan fingerprint density at radius 2 is 2.39 bits per heavy atom. The lowest BCUT2D eigenvalue weighted by molar-refractivity contribution is 0.0933. The third kappa shape index (κ3) is 3.41. The normalized spacial score (nSPS) is 18.0. The Hall–Kier alpha value is -2.64. The minimum Gasteiger partial charge on any atom is -0.350 e. The van der Waals surface area contributed by atoms with Gasteiger partial charge in [0.05, 0.1) is 11.8 Å². The predicted octanol–water partition coefficient (Wildman–Crippen LogP) is 0.385. The van der Waals surface area contributed by atoms with Crippen molar-refractivity contribution in [2.45, 2.75) is 32.4 Å². The van der Waals surface area contributed by atoms with Crippen LogP contribution in [0.2, 0.25) is 0 Å². The van der Waals surface area contributed by atoms with E-state index in [0.29, 0.717) is 17.9 Å². The molecule has 2 aromatic heterocycles. The van der Waals surface area contributed by atoms with Crippen LogP contribution < -0.4 is 15.8 Å². The van der Waals surface area contributed by atoms with Gasteiger partial charge in [-0.15, -0.1) is 0 Å². The summed E-state index contributed by atoms with van der Waals surface area (Å²) in [6.45, 7) is 4.04. The van der Waals surface area contributed by atoms with Crippen LogP contribution in [-0.2, 0) is 6.54 Å². The zero-order valence-electron chi connectivity index (χ0n) is 13.0. The van der Waals surface area contributed by atoms with Gasteiger partial charge in [0.2, 0.25) is 0 Å². The molecular weight excluding hydrogens is 296 g/mol. The molecule has 1 aliphatic rings. The van der Waals surface area contributed by atoms with E-state index in [-0.39, 0.29) is 17.5 Å². The van der Waals surface area contributed by atoms with Crippen molar-refractivity contribution >= 4 is 11.7 Å². The van der Waals surface area contributed by atoms with Gasteiger partial charge in [-0.2, -0.15) is 5.10 Å². The number of anilines is 1. The zero-order chi connectivity index (χ0) is 16.2.